The van der Waals surface area contributed by atoms with Gasteiger partial charge in [0.05, 0.1) is 12.7 Å². The van der Waals surface area contributed by atoms with Crippen LogP contribution in [0, 0.1) is 13.5 Å². The predicted molar refractivity (Wildman–Crippen MR) is 48.0 cm³/mol. The molecule has 0 bridgehead atoms. The molecule has 0 heterocycles. The first-order valence-corrected chi connectivity index (χ1v) is 3.74. The van der Waals surface area contributed by atoms with Gasteiger partial charge >= 0.3 is 0 Å². The van der Waals surface area contributed by atoms with E-state index in [0.29, 0.717) is 6.54 Å². The van der Waals surface area contributed by atoms with Crippen LogP contribution in [0.3, 0.4) is 0 Å². The van der Waals surface area contributed by atoms with Gasteiger partial charge in [-0.3, -0.25) is 0 Å². The SMILES string of the molecule is [C-]#[N+]Cc1ccc(C)cc1OC. The van der Waals surface area contributed by atoms with Gasteiger partial charge in [0.1, 0.15) is 5.75 Å². The number of hydrogen-bond acceptors (Lipinski definition) is 1. The summed E-state index contributed by atoms with van der Waals surface area (Å²) in [4.78, 5) is 3.31. The van der Waals surface area contributed by atoms with Crippen molar-refractivity contribution in [3.05, 3.63) is 40.7 Å². The third-order valence-electron chi connectivity index (χ3n) is 1.69. The number of hydrogen-bond donors (Lipinski definition) is 0. The molecule has 0 saturated carbocycles. The summed E-state index contributed by atoms with van der Waals surface area (Å²) < 4.78 is 5.14. The van der Waals surface area contributed by atoms with Crippen molar-refractivity contribution in [2.75, 3.05) is 7.11 Å². The van der Waals surface area contributed by atoms with E-state index in [2.05, 4.69) is 4.85 Å². The summed E-state index contributed by atoms with van der Waals surface area (Å²) in [5.74, 6) is 0.811. The van der Waals surface area contributed by atoms with Gasteiger partial charge in [-0.25, -0.2) is 6.57 Å². The van der Waals surface area contributed by atoms with Crippen LogP contribution in [0.1, 0.15) is 11.1 Å². The summed E-state index contributed by atoms with van der Waals surface area (Å²) in [7, 11) is 1.63. The monoisotopic (exact) mass is 161 g/mol. The zero-order chi connectivity index (χ0) is 8.97. The molecule has 0 aliphatic heterocycles. The van der Waals surface area contributed by atoms with Gasteiger partial charge in [0.15, 0.2) is 0 Å². The van der Waals surface area contributed by atoms with Crippen molar-refractivity contribution in [2.45, 2.75) is 13.5 Å². The third-order valence-corrected chi connectivity index (χ3v) is 1.69. The Morgan fingerprint density at radius 2 is 2.25 bits per heavy atom. The highest BCUT2D eigenvalue weighted by Crippen LogP contribution is 2.20. The highest BCUT2D eigenvalue weighted by molar-refractivity contribution is 5.37. The van der Waals surface area contributed by atoms with Crippen LogP contribution in [0.5, 0.6) is 5.75 Å². The van der Waals surface area contributed by atoms with E-state index in [1.54, 1.807) is 7.11 Å². The van der Waals surface area contributed by atoms with E-state index >= 15 is 0 Å². The molecule has 0 saturated heterocycles. The molecule has 0 atom stereocenters. The Labute approximate surface area is 72.6 Å². The fourth-order valence-corrected chi connectivity index (χ4v) is 1.07. The molecule has 0 spiro atoms. The van der Waals surface area contributed by atoms with E-state index < -0.39 is 0 Å². The number of methoxy groups -OCH3 is 1. The van der Waals surface area contributed by atoms with E-state index in [1.807, 2.05) is 25.1 Å². The average Bonchev–Trinajstić information content (AvgIpc) is 2.08. The minimum atomic E-state index is 0.392. The molecule has 62 valence electrons. The quantitative estimate of drug-likeness (QED) is 0.607. The maximum atomic E-state index is 6.74. The molecule has 0 unspecified atom stereocenters. The second kappa shape index (κ2) is 3.77. The van der Waals surface area contributed by atoms with Crippen LogP contribution >= 0.6 is 0 Å². The highest BCUT2D eigenvalue weighted by Gasteiger charge is 2.03. The molecule has 0 N–H and O–H groups in total. The van der Waals surface area contributed by atoms with Gasteiger partial charge in [-0.15, -0.1) is 0 Å². The lowest BCUT2D eigenvalue weighted by Crippen LogP contribution is -1.90. The van der Waals surface area contributed by atoms with Crippen molar-refractivity contribution in [2.24, 2.45) is 0 Å². The average molecular weight is 161 g/mol. The smallest absolute Gasteiger partial charge is 0.243 e. The molecule has 0 amide bonds. The summed E-state index contributed by atoms with van der Waals surface area (Å²) >= 11 is 0. The Balaban J connectivity index is 3.04. The van der Waals surface area contributed by atoms with Crippen molar-refractivity contribution < 1.29 is 4.74 Å². The summed E-state index contributed by atoms with van der Waals surface area (Å²) in [6.07, 6.45) is 0. The maximum Gasteiger partial charge on any atom is 0.243 e. The zero-order valence-electron chi connectivity index (χ0n) is 7.29. The molecule has 0 aromatic heterocycles. The molecule has 1 aromatic rings. The van der Waals surface area contributed by atoms with Crippen molar-refractivity contribution in [3.8, 4) is 5.75 Å². The van der Waals surface area contributed by atoms with Crippen LogP contribution in [-0.2, 0) is 6.54 Å². The van der Waals surface area contributed by atoms with Crippen molar-refractivity contribution >= 4 is 0 Å². The number of nitrogens with zero attached hydrogens (tertiary/aromatic N) is 1. The summed E-state index contributed by atoms with van der Waals surface area (Å²) in [5, 5.41) is 0. The topological polar surface area (TPSA) is 13.6 Å². The second-order valence-electron chi connectivity index (χ2n) is 2.63. The van der Waals surface area contributed by atoms with Crippen LogP contribution in [-0.4, -0.2) is 7.11 Å². The Bertz CT molecular complexity index is 312. The van der Waals surface area contributed by atoms with Gasteiger partial charge in [0.25, 0.3) is 0 Å². The zero-order valence-corrected chi connectivity index (χ0v) is 7.29. The van der Waals surface area contributed by atoms with E-state index in [-0.39, 0.29) is 0 Å². The fourth-order valence-electron chi connectivity index (χ4n) is 1.07. The standard InChI is InChI=1S/C10H11NO/c1-8-4-5-9(7-11-2)10(6-8)12-3/h4-6H,7H2,1,3H3. The number of benzene rings is 1. The molecule has 2 heteroatoms. The normalized spacial score (nSPS) is 9.08. The van der Waals surface area contributed by atoms with Crippen LogP contribution in [0.2, 0.25) is 0 Å². The lowest BCUT2D eigenvalue weighted by Gasteiger charge is -2.03. The Kier molecular flexibility index (Phi) is 2.71. The van der Waals surface area contributed by atoms with Crippen LogP contribution in [0.25, 0.3) is 4.85 Å². The fraction of sp³-hybridized carbons (Fsp3) is 0.300. The van der Waals surface area contributed by atoms with Gasteiger partial charge in [0.2, 0.25) is 6.54 Å². The molecule has 0 fully saturated rings. The van der Waals surface area contributed by atoms with E-state index in [9.17, 15) is 0 Å². The molecule has 0 radical (unpaired) electrons. The largest absolute Gasteiger partial charge is 0.496 e. The number of aryl methyl sites for hydroxylation is 1. The minimum absolute atomic E-state index is 0.392. The van der Waals surface area contributed by atoms with E-state index in [1.165, 1.54) is 0 Å². The molecular weight excluding hydrogens is 150 g/mol. The van der Waals surface area contributed by atoms with E-state index in [0.717, 1.165) is 16.9 Å². The third kappa shape index (κ3) is 1.76. The first kappa shape index (κ1) is 8.61. The van der Waals surface area contributed by atoms with Crippen molar-refractivity contribution in [1.82, 2.24) is 0 Å². The molecule has 0 aliphatic rings. The molecule has 1 rings (SSSR count). The first-order valence-electron chi connectivity index (χ1n) is 3.74. The maximum absolute atomic E-state index is 6.74. The summed E-state index contributed by atoms with van der Waals surface area (Å²) in [6.45, 7) is 9.13. The Morgan fingerprint density at radius 3 is 2.83 bits per heavy atom. The van der Waals surface area contributed by atoms with Gasteiger partial charge in [-0.05, 0) is 24.6 Å². The van der Waals surface area contributed by atoms with Gasteiger partial charge in [0, 0.05) is 0 Å². The molecular formula is C10H11NO. The van der Waals surface area contributed by atoms with E-state index in [4.69, 9.17) is 11.3 Å². The van der Waals surface area contributed by atoms with Crippen LogP contribution in [0.15, 0.2) is 18.2 Å². The first-order chi connectivity index (χ1) is 5.77. The minimum Gasteiger partial charge on any atom is -0.496 e. The molecule has 2 nitrogen and oxygen atoms in total. The number of ether oxygens (including phenoxy) is 1. The Morgan fingerprint density at radius 1 is 1.50 bits per heavy atom. The van der Waals surface area contributed by atoms with Crippen molar-refractivity contribution in [1.29, 1.82) is 0 Å². The van der Waals surface area contributed by atoms with Gasteiger partial charge in [-0.1, -0.05) is 6.07 Å². The van der Waals surface area contributed by atoms with Gasteiger partial charge in [-0.2, -0.15) is 0 Å². The molecule has 12 heavy (non-hydrogen) atoms. The Hall–Kier alpha value is -1.49. The second-order valence-corrected chi connectivity index (χ2v) is 2.63. The lowest BCUT2D eigenvalue weighted by molar-refractivity contribution is 0.410. The van der Waals surface area contributed by atoms with Crippen LogP contribution in [0.4, 0.5) is 0 Å². The van der Waals surface area contributed by atoms with Crippen molar-refractivity contribution in [3.63, 3.8) is 0 Å². The molecule has 0 aliphatic carbocycles. The van der Waals surface area contributed by atoms with Gasteiger partial charge < -0.3 is 9.58 Å². The number of rotatable bonds is 2. The highest BCUT2D eigenvalue weighted by atomic mass is 16.5. The summed E-state index contributed by atoms with van der Waals surface area (Å²) in [6, 6.07) is 5.87. The summed E-state index contributed by atoms with van der Waals surface area (Å²) in [5.41, 5.74) is 2.11. The predicted octanol–water partition coefficient (Wildman–Crippen LogP) is 2.42. The van der Waals surface area contributed by atoms with Crippen LogP contribution < -0.4 is 4.74 Å². The lowest BCUT2D eigenvalue weighted by atomic mass is 10.1. The molecule has 1 aromatic carbocycles.